The number of amides is 1. The van der Waals surface area contributed by atoms with Crippen LogP contribution in [0.5, 0.6) is 5.75 Å². The SMILES string of the molecule is COc1ccc(N(CCCCCCC(=O)NO)S(=O)(=O)c2ccc(C(C)C)cc2)cc1. The summed E-state index contributed by atoms with van der Waals surface area (Å²) in [5, 5.41) is 8.54. The number of hydrogen-bond acceptors (Lipinski definition) is 5. The zero-order valence-corrected chi connectivity index (χ0v) is 19.2. The Hall–Kier alpha value is -2.58. The van der Waals surface area contributed by atoms with Crippen molar-refractivity contribution < 1.29 is 23.2 Å². The van der Waals surface area contributed by atoms with Crippen molar-refractivity contribution in [3.63, 3.8) is 0 Å². The van der Waals surface area contributed by atoms with Gasteiger partial charge in [0.05, 0.1) is 17.7 Å². The molecule has 0 aliphatic heterocycles. The zero-order valence-electron chi connectivity index (χ0n) is 18.4. The number of nitrogens with zero attached hydrogens (tertiary/aromatic N) is 1. The van der Waals surface area contributed by atoms with Crippen LogP contribution in [0.1, 0.15) is 57.4 Å². The van der Waals surface area contributed by atoms with E-state index in [9.17, 15) is 13.2 Å². The summed E-state index contributed by atoms with van der Waals surface area (Å²) in [5.41, 5.74) is 3.28. The second kappa shape index (κ2) is 11.7. The number of rotatable bonds is 12. The van der Waals surface area contributed by atoms with Gasteiger partial charge in [0.1, 0.15) is 5.75 Å². The second-order valence-corrected chi connectivity index (χ2v) is 9.56. The Kier molecular flexibility index (Phi) is 9.33. The highest BCUT2D eigenvalue weighted by Crippen LogP contribution is 2.27. The summed E-state index contributed by atoms with van der Waals surface area (Å²) in [6.45, 7) is 4.46. The van der Waals surface area contributed by atoms with Crippen LogP contribution < -0.4 is 14.5 Å². The first-order chi connectivity index (χ1) is 14.8. The van der Waals surface area contributed by atoms with Crippen molar-refractivity contribution in [1.82, 2.24) is 5.48 Å². The molecule has 0 atom stereocenters. The number of anilines is 1. The van der Waals surface area contributed by atoms with Crippen LogP contribution in [0.2, 0.25) is 0 Å². The number of unbranched alkanes of at least 4 members (excludes halogenated alkanes) is 3. The lowest BCUT2D eigenvalue weighted by atomic mass is 10.0. The summed E-state index contributed by atoms with van der Waals surface area (Å²) in [4.78, 5) is 11.3. The van der Waals surface area contributed by atoms with Crippen LogP contribution in [-0.2, 0) is 14.8 Å². The Morgan fingerprint density at radius 2 is 1.61 bits per heavy atom. The minimum Gasteiger partial charge on any atom is -0.497 e. The minimum atomic E-state index is -3.73. The molecule has 0 saturated heterocycles. The van der Waals surface area contributed by atoms with Crippen LogP contribution in [0.4, 0.5) is 5.69 Å². The minimum absolute atomic E-state index is 0.249. The van der Waals surface area contributed by atoms with E-state index in [1.807, 2.05) is 12.1 Å². The fourth-order valence-electron chi connectivity index (χ4n) is 3.24. The van der Waals surface area contributed by atoms with E-state index in [1.54, 1.807) is 49.0 Å². The first-order valence-electron chi connectivity index (χ1n) is 10.5. The van der Waals surface area contributed by atoms with Crippen LogP contribution in [0.3, 0.4) is 0 Å². The molecule has 2 rings (SSSR count). The molecule has 2 N–H and O–H groups in total. The average Bonchev–Trinajstić information content (AvgIpc) is 2.78. The molecule has 0 fully saturated rings. The largest absolute Gasteiger partial charge is 0.497 e. The van der Waals surface area contributed by atoms with E-state index < -0.39 is 15.9 Å². The number of nitrogens with one attached hydrogen (secondary N) is 1. The number of hydroxylamine groups is 1. The molecule has 0 heterocycles. The van der Waals surface area contributed by atoms with Gasteiger partial charge < -0.3 is 4.74 Å². The van der Waals surface area contributed by atoms with E-state index >= 15 is 0 Å². The fraction of sp³-hybridized carbons (Fsp3) is 0.435. The third-order valence-electron chi connectivity index (χ3n) is 5.13. The van der Waals surface area contributed by atoms with E-state index in [2.05, 4.69) is 13.8 Å². The lowest BCUT2D eigenvalue weighted by Crippen LogP contribution is -2.32. The number of hydrogen-bond donors (Lipinski definition) is 2. The van der Waals surface area contributed by atoms with Crippen molar-refractivity contribution in [1.29, 1.82) is 0 Å². The van der Waals surface area contributed by atoms with Gasteiger partial charge in [-0.1, -0.05) is 38.8 Å². The molecule has 0 aromatic heterocycles. The second-order valence-electron chi connectivity index (χ2n) is 7.70. The number of carbonyl (C=O) groups is 1. The molecule has 0 aliphatic rings. The molecule has 2 aromatic carbocycles. The molecule has 0 unspecified atom stereocenters. The summed E-state index contributed by atoms with van der Waals surface area (Å²) < 4.78 is 33.5. The van der Waals surface area contributed by atoms with Crippen molar-refractivity contribution in [3.8, 4) is 5.75 Å². The third kappa shape index (κ3) is 6.97. The molecule has 2 aromatic rings. The molecule has 0 saturated carbocycles. The van der Waals surface area contributed by atoms with Gasteiger partial charge in [-0.3, -0.25) is 14.3 Å². The van der Waals surface area contributed by atoms with Crippen molar-refractivity contribution in [2.24, 2.45) is 0 Å². The van der Waals surface area contributed by atoms with Crippen LogP contribution in [0.25, 0.3) is 0 Å². The lowest BCUT2D eigenvalue weighted by molar-refractivity contribution is -0.129. The summed E-state index contributed by atoms with van der Waals surface area (Å²) >= 11 is 0. The molecular weight excluding hydrogens is 416 g/mol. The number of methoxy groups -OCH3 is 1. The lowest BCUT2D eigenvalue weighted by Gasteiger charge is -2.25. The number of ether oxygens (including phenoxy) is 1. The fourth-order valence-corrected chi connectivity index (χ4v) is 4.74. The Bertz CT molecular complexity index is 925. The first-order valence-corrected chi connectivity index (χ1v) is 11.9. The van der Waals surface area contributed by atoms with Gasteiger partial charge in [-0.2, -0.15) is 0 Å². The van der Waals surface area contributed by atoms with E-state index in [-0.39, 0.29) is 11.3 Å². The Balaban J connectivity index is 2.17. The average molecular weight is 449 g/mol. The standard InChI is InChI=1S/C23H32N2O5S/c1-18(2)19-9-15-22(16-10-19)31(28,29)25(20-11-13-21(30-3)14-12-20)17-7-5-4-6-8-23(26)24-27/h9-16,18,27H,4-8,17H2,1-3H3,(H,24,26). The van der Waals surface area contributed by atoms with Crippen LogP contribution >= 0.6 is 0 Å². The quantitative estimate of drug-likeness (QED) is 0.284. The molecule has 7 nitrogen and oxygen atoms in total. The van der Waals surface area contributed by atoms with Gasteiger partial charge in [0.2, 0.25) is 5.91 Å². The molecule has 0 radical (unpaired) electrons. The molecule has 1 amide bonds. The predicted molar refractivity (Wildman–Crippen MR) is 121 cm³/mol. The maximum Gasteiger partial charge on any atom is 0.264 e. The Labute approximate surface area is 185 Å². The maximum absolute atomic E-state index is 13.4. The van der Waals surface area contributed by atoms with E-state index in [0.29, 0.717) is 36.7 Å². The molecule has 0 spiro atoms. The van der Waals surface area contributed by atoms with E-state index in [1.165, 1.54) is 4.31 Å². The van der Waals surface area contributed by atoms with Gasteiger partial charge in [-0.15, -0.1) is 0 Å². The Morgan fingerprint density at radius 3 is 2.16 bits per heavy atom. The highest BCUT2D eigenvalue weighted by Gasteiger charge is 2.25. The van der Waals surface area contributed by atoms with Gasteiger partial charge in [0, 0.05) is 13.0 Å². The number of benzene rings is 2. The number of sulfonamides is 1. The van der Waals surface area contributed by atoms with Crippen LogP contribution in [-0.4, -0.2) is 33.2 Å². The van der Waals surface area contributed by atoms with Crippen molar-refractivity contribution in [2.45, 2.75) is 56.8 Å². The predicted octanol–water partition coefficient (Wildman–Crippen LogP) is 4.47. The summed E-state index contributed by atoms with van der Waals surface area (Å²) in [5.74, 6) is 0.569. The monoisotopic (exact) mass is 448 g/mol. The van der Waals surface area contributed by atoms with Gasteiger partial charge in [0.25, 0.3) is 10.0 Å². The summed E-state index contributed by atoms with van der Waals surface area (Å²) in [7, 11) is -2.16. The van der Waals surface area contributed by atoms with E-state index in [4.69, 9.17) is 9.94 Å². The molecule has 8 heteroatoms. The molecule has 0 bridgehead atoms. The topological polar surface area (TPSA) is 95.9 Å². The normalized spacial score (nSPS) is 11.4. The Morgan fingerprint density at radius 1 is 1.00 bits per heavy atom. The van der Waals surface area contributed by atoms with Gasteiger partial charge in [-0.25, -0.2) is 13.9 Å². The van der Waals surface area contributed by atoms with Crippen LogP contribution in [0.15, 0.2) is 53.4 Å². The third-order valence-corrected chi connectivity index (χ3v) is 6.98. The van der Waals surface area contributed by atoms with Crippen molar-refractivity contribution in [2.75, 3.05) is 18.0 Å². The maximum atomic E-state index is 13.4. The first kappa shape index (κ1) is 24.7. The van der Waals surface area contributed by atoms with Gasteiger partial charge >= 0.3 is 0 Å². The summed E-state index contributed by atoms with van der Waals surface area (Å²) in [6, 6.07) is 14.0. The molecule has 31 heavy (non-hydrogen) atoms. The van der Waals surface area contributed by atoms with Crippen molar-refractivity contribution >= 4 is 21.6 Å². The molecule has 0 aliphatic carbocycles. The van der Waals surface area contributed by atoms with Crippen LogP contribution in [0, 0.1) is 0 Å². The highest BCUT2D eigenvalue weighted by atomic mass is 32.2. The molecule has 170 valence electrons. The smallest absolute Gasteiger partial charge is 0.264 e. The van der Waals surface area contributed by atoms with E-state index in [0.717, 1.165) is 18.4 Å². The van der Waals surface area contributed by atoms with Crippen molar-refractivity contribution in [3.05, 3.63) is 54.1 Å². The summed E-state index contributed by atoms with van der Waals surface area (Å²) in [6.07, 6.45) is 3.08. The highest BCUT2D eigenvalue weighted by molar-refractivity contribution is 7.92. The van der Waals surface area contributed by atoms with Gasteiger partial charge in [-0.05, 0) is 60.7 Å². The molecular formula is C23H32N2O5S. The number of carbonyl (C=O) groups excluding carboxylic acids is 1. The van der Waals surface area contributed by atoms with Gasteiger partial charge in [0.15, 0.2) is 0 Å². The zero-order chi connectivity index (χ0) is 22.9.